The number of nitrogens with zero attached hydrogens (tertiary/aromatic N) is 1. The van der Waals surface area contributed by atoms with Gasteiger partial charge in [0, 0.05) is 13.2 Å². The molecule has 0 unspecified atom stereocenters. The van der Waals surface area contributed by atoms with Crippen molar-refractivity contribution in [1.82, 2.24) is 5.32 Å². The van der Waals surface area contributed by atoms with Crippen molar-refractivity contribution in [3.63, 3.8) is 0 Å². The molecule has 0 atom stereocenters. The molecule has 4 nitrogen and oxygen atoms in total. The molecule has 1 rings (SSSR count). The molecule has 1 amide bonds. The molecule has 0 aromatic rings. The fourth-order valence-electron chi connectivity index (χ4n) is 2.60. The lowest BCUT2D eigenvalue weighted by molar-refractivity contribution is -0.129. The molecule has 0 spiro atoms. The zero-order chi connectivity index (χ0) is 14.4. The van der Waals surface area contributed by atoms with E-state index in [2.05, 4.69) is 11.4 Å². The number of rotatable bonds is 5. The lowest BCUT2D eigenvalue weighted by Crippen LogP contribution is -2.43. The van der Waals surface area contributed by atoms with Crippen LogP contribution in [0.4, 0.5) is 0 Å². The van der Waals surface area contributed by atoms with Crippen LogP contribution in [-0.4, -0.2) is 24.2 Å². The number of nitriles is 1. The summed E-state index contributed by atoms with van der Waals surface area (Å²) in [5, 5.41) is 21.3. The van der Waals surface area contributed by atoms with Crippen molar-refractivity contribution >= 4 is 5.91 Å². The van der Waals surface area contributed by atoms with Gasteiger partial charge in [0.1, 0.15) is 5.41 Å². The van der Waals surface area contributed by atoms with E-state index < -0.39 is 5.41 Å². The summed E-state index contributed by atoms with van der Waals surface area (Å²) in [6, 6.07) is 2.26. The van der Waals surface area contributed by atoms with Crippen LogP contribution in [0.15, 0.2) is 0 Å². The number of nitrogens with one attached hydrogen (secondary N) is 1. The molecule has 0 bridgehead atoms. The first-order valence-electron chi connectivity index (χ1n) is 7.26. The molecular weight excluding hydrogens is 240 g/mol. The predicted molar refractivity (Wildman–Crippen MR) is 74.2 cm³/mol. The molecule has 1 saturated carbocycles. The van der Waals surface area contributed by atoms with Crippen LogP contribution in [0.1, 0.15) is 58.8 Å². The second-order valence-electron chi connectivity index (χ2n) is 6.43. The van der Waals surface area contributed by atoms with E-state index in [9.17, 15) is 10.1 Å². The normalized spacial score (nSPS) is 19.3. The Hall–Kier alpha value is -1.08. The second kappa shape index (κ2) is 6.91. The molecule has 19 heavy (non-hydrogen) atoms. The van der Waals surface area contributed by atoms with Crippen molar-refractivity contribution in [2.24, 2.45) is 10.8 Å². The Balaban J connectivity index is 2.62. The highest BCUT2D eigenvalue weighted by Gasteiger charge is 2.39. The third-order valence-corrected chi connectivity index (χ3v) is 4.12. The minimum atomic E-state index is -0.828. The van der Waals surface area contributed by atoms with E-state index in [-0.39, 0.29) is 17.9 Å². The summed E-state index contributed by atoms with van der Waals surface area (Å²) in [4.78, 5) is 12.4. The van der Waals surface area contributed by atoms with Gasteiger partial charge in [-0.15, -0.1) is 0 Å². The number of carbonyl (C=O) groups excluding carboxylic acids is 1. The average molecular weight is 266 g/mol. The molecule has 4 heteroatoms. The minimum Gasteiger partial charge on any atom is -0.396 e. The van der Waals surface area contributed by atoms with Crippen LogP contribution in [0.25, 0.3) is 0 Å². The summed E-state index contributed by atoms with van der Waals surface area (Å²) < 4.78 is 0. The fraction of sp³-hybridized carbons (Fsp3) is 0.867. The van der Waals surface area contributed by atoms with Crippen molar-refractivity contribution in [3.05, 3.63) is 0 Å². The monoisotopic (exact) mass is 266 g/mol. The lowest BCUT2D eigenvalue weighted by atomic mass is 9.80. The first-order valence-corrected chi connectivity index (χ1v) is 7.26. The van der Waals surface area contributed by atoms with Gasteiger partial charge in [0.2, 0.25) is 5.91 Å². The van der Waals surface area contributed by atoms with Gasteiger partial charge in [0.05, 0.1) is 6.07 Å². The Morgan fingerprint density at radius 1 is 1.32 bits per heavy atom. The number of hydrogen-bond donors (Lipinski definition) is 2. The molecule has 0 aromatic heterocycles. The summed E-state index contributed by atoms with van der Waals surface area (Å²) in [6.45, 7) is 4.65. The van der Waals surface area contributed by atoms with E-state index in [1.165, 1.54) is 0 Å². The number of amides is 1. The highest BCUT2D eigenvalue weighted by atomic mass is 16.3. The Morgan fingerprint density at radius 3 is 2.37 bits per heavy atom. The van der Waals surface area contributed by atoms with Gasteiger partial charge in [-0.05, 0) is 24.7 Å². The third-order valence-electron chi connectivity index (χ3n) is 4.12. The van der Waals surface area contributed by atoms with Crippen molar-refractivity contribution in [1.29, 1.82) is 5.26 Å². The Bertz CT molecular complexity index is 337. The van der Waals surface area contributed by atoms with Crippen LogP contribution in [0.2, 0.25) is 0 Å². The zero-order valence-corrected chi connectivity index (χ0v) is 12.2. The van der Waals surface area contributed by atoms with E-state index in [0.717, 1.165) is 25.7 Å². The minimum absolute atomic E-state index is 0.117. The van der Waals surface area contributed by atoms with Gasteiger partial charge in [0.15, 0.2) is 0 Å². The molecule has 1 aliphatic carbocycles. The standard InChI is InChI=1S/C15H26N2O2/c1-14(2,9-10-18)12-17-13(19)15(11-16)7-5-3-4-6-8-15/h18H,3-10,12H2,1-2H3,(H,17,19). The van der Waals surface area contributed by atoms with E-state index in [4.69, 9.17) is 5.11 Å². The molecule has 0 aliphatic heterocycles. The molecular formula is C15H26N2O2. The van der Waals surface area contributed by atoms with E-state index in [0.29, 0.717) is 25.8 Å². The predicted octanol–water partition coefficient (Wildman–Crippen LogP) is 2.38. The fourth-order valence-corrected chi connectivity index (χ4v) is 2.60. The molecule has 0 radical (unpaired) electrons. The maximum Gasteiger partial charge on any atom is 0.240 e. The van der Waals surface area contributed by atoms with Crippen LogP contribution in [-0.2, 0) is 4.79 Å². The average Bonchev–Trinajstić information content (AvgIpc) is 2.62. The highest BCUT2D eigenvalue weighted by Crippen LogP contribution is 2.35. The molecule has 1 aliphatic rings. The van der Waals surface area contributed by atoms with Gasteiger partial charge in [-0.25, -0.2) is 0 Å². The summed E-state index contributed by atoms with van der Waals surface area (Å²) in [5.41, 5.74) is -0.961. The molecule has 108 valence electrons. The first-order chi connectivity index (χ1) is 8.96. The van der Waals surface area contributed by atoms with Crippen LogP contribution >= 0.6 is 0 Å². The summed E-state index contributed by atoms with van der Waals surface area (Å²) in [6.07, 6.45) is 6.15. The quantitative estimate of drug-likeness (QED) is 0.750. The molecule has 1 fully saturated rings. The molecule has 0 heterocycles. The Kier molecular flexibility index (Phi) is 5.81. The zero-order valence-electron chi connectivity index (χ0n) is 12.2. The van der Waals surface area contributed by atoms with E-state index in [1.807, 2.05) is 13.8 Å². The maximum atomic E-state index is 12.4. The van der Waals surface area contributed by atoms with Crippen molar-refractivity contribution < 1.29 is 9.90 Å². The van der Waals surface area contributed by atoms with Gasteiger partial charge >= 0.3 is 0 Å². The summed E-state index contributed by atoms with van der Waals surface area (Å²) in [7, 11) is 0. The van der Waals surface area contributed by atoms with Gasteiger partial charge < -0.3 is 10.4 Å². The van der Waals surface area contributed by atoms with Gasteiger partial charge in [0.25, 0.3) is 0 Å². The number of carbonyl (C=O) groups is 1. The van der Waals surface area contributed by atoms with Crippen LogP contribution in [0.5, 0.6) is 0 Å². The SMILES string of the molecule is CC(C)(CCO)CNC(=O)C1(C#N)CCCCCC1. The van der Waals surface area contributed by atoms with Gasteiger partial charge in [-0.1, -0.05) is 39.5 Å². The second-order valence-corrected chi connectivity index (χ2v) is 6.43. The van der Waals surface area contributed by atoms with Crippen LogP contribution in [0.3, 0.4) is 0 Å². The Labute approximate surface area is 116 Å². The van der Waals surface area contributed by atoms with Gasteiger partial charge in [-0.2, -0.15) is 5.26 Å². The van der Waals surface area contributed by atoms with Crippen molar-refractivity contribution in [2.75, 3.05) is 13.2 Å². The molecule has 0 aromatic carbocycles. The lowest BCUT2D eigenvalue weighted by Gasteiger charge is -2.28. The Morgan fingerprint density at radius 2 is 1.89 bits per heavy atom. The summed E-state index contributed by atoms with van der Waals surface area (Å²) >= 11 is 0. The first kappa shape index (κ1) is 16.0. The number of aliphatic hydroxyl groups is 1. The topological polar surface area (TPSA) is 73.1 Å². The molecule has 2 N–H and O–H groups in total. The van der Waals surface area contributed by atoms with Crippen LogP contribution < -0.4 is 5.32 Å². The number of hydrogen-bond acceptors (Lipinski definition) is 3. The van der Waals surface area contributed by atoms with Gasteiger partial charge in [-0.3, -0.25) is 4.79 Å². The van der Waals surface area contributed by atoms with E-state index in [1.54, 1.807) is 0 Å². The van der Waals surface area contributed by atoms with Crippen molar-refractivity contribution in [2.45, 2.75) is 58.8 Å². The maximum absolute atomic E-state index is 12.4. The smallest absolute Gasteiger partial charge is 0.240 e. The molecule has 0 saturated heterocycles. The largest absolute Gasteiger partial charge is 0.396 e. The van der Waals surface area contributed by atoms with Crippen molar-refractivity contribution in [3.8, 4) is 6.07 Å². The summed E-state index contributed by atoms with van der Waals surface area (Å²) in [5.74, 6) is -0.122. The highest BCUT2D eigenvalue weighted by molar-refractivity contribution is 5.85. The van der Waals surface area contributed by atoms with Crippen LogP contribution in [0, 0.1) is 22.2 Å². The third kappa shape index (κ3) is 4.50. The number of aliphatic hydroxyl groups excluding tert-OH is 1. The van der Waals surface area contributed by atoms with E-state index >= 15 is 0 Å².